The Balaban J connectivity index is 1.88. The lowest BCUT2D eigenvalue weighted by molar-refractivity contribution is 0.465. The van der Waals surface area contributed by atoms with Gasteiger partial charge in [-0.15, -0.1) is 0 Å². The van der Waals surface area contributed by atoms with E-state index in [1.165, 1.54) is 56.1 Å². The monoisotopic (exact) mass is 310 g/mol. The quantitative estimate of drug-likeness (QED) is 0.512. The van der Waals surface area contributed by atoms with Gasteiger partial charge in [-0.25, -0.2) is 0 Å². The molecular formula is C22H30O. The van der Waals surface area contributed by atoms with Gasteiger partial charge >= 0.3 is 0 Å². The highest BCUT2D eigenvalue weighted by molar-refractivity contribution is 5.41. The van der Waals surface area contributed by atoms with Gasteiger partial charge in [0, 0.05) is 0 Å². The van der Waals surface area contributed by atoms with Gasteiger partial charge in [-0.2, -0.15) is 0 Å². The van der Waals surface area contributed by atoms with Crippen LogP contribution in [0, 0.1) is 0 Å². The van der Waals surface area contributed by atoms with Crippen LogP contribution < -0.4 is 0 Å². The molecule has 0 radical (unpaired) electrons. The van der Waals surface area contributed by atoms with Crippen LogP contribution in [-0.2, 0) is 12.8 Å². The van der Waals surface area contributed by atoms with E-state index in [-0.39, 0.29) is 0 Å². The lowest BCUT2D eigenvalue weighted by atomic mass is 9.95. The molecule has 0 atom stereocenters. The summed E-state index contributed by atoms with van der Waals surface area (Å²) in [7, 11) is 0. The summed E-state index contributed by atoms with van der Waals surface area (Å²) >= 11 is 0. The molecule has 23 heavy (non-hydrogen) atoms. The van der Waals surface area contributed by atoms with E-state index in [1.807, 2.05) is 18.2 Å². The molecule has 0 bridgehead atoms. The van der Waals surface area contributed by atoms with Crippen molar-refractivity contribution in [3.63, 3.8) is 0 Å². The van der Waals surface area contributed by atoms with Crippen LogP contribution in [0.2, 0.25) is 0 Å². The van der Waals surface area contributed by atoms with Crippen LogP contribution in [0.25, 0.3) is 0 Å². The summed E-state index contributed by atoms with van der Waals surface area (Å²) in [6, 6.07) is 16.5. The summed E-state index contributed by atoms with van der Waals surface area (Å²) in [5, 5.41) is 10.2. The molecule has 0 unspecified atom stereocenters. The fraction of sp³-hybridized carbons (Fsp3) is 0.455. The largest absolute Gasteiger partial charge is 0.508 e. The zero-order chi connectivity index (χ0) is 16.3. The number of phenols is 1. The Morgan fingerprint density at radius 3 is 2.17 bits per heavy atom. The van der Waals surface area contributed by atoms with Crippen LogP contribution >= 0.6 is 0 Å². The van der Waals surface area contributed by atoms with E-state index in [9.17, 15) is 5.11 Å². The van der Waals surface area contributed by atoms with Gasteiger partial charge in [-0.1, -0.05) is 87.9 Å². The molecule has 124 valence electrons. The molecule has 2 rings (SSSR count). The van der Waals surface area contributed by atoms with E-state index in [0.29, 0.717) is 5.75 Å². The van der Waals surface area contributed by atoms with Crippen molar-refractivity contribution in [2.45, 2.75) is 64.7 Å². The minimum absolute atomic E-state index is 0.462. The van der Waals surface area contributed by atoms with E-state index in [0.717, 1.165) is 18.4 Å². The number of benzene rings is 2. The smallest absolute Gasteiger partial charge is 0.119 e. The minimum atomic E-state index is 0.462. The maximum Gasteiger partial charge on any atom is 0.119 e. The van der Waals surface area contributed by atoms with Crippen LogP contribution in [-0.4, -0.2) is 5.11 Å². The van der Waals surface area contributed by atoms with Crippen LogP contribution in [0.15, 0.2) is 48.5 Å². The van der Waals surface area contributed by atoms with Crippen molar-refractivity contribution in [2.24, 2.45) is 0 Å². The molecule has 0 saturated heterocycles. The van der Waals surface area contributed by atoms with Crippen LogP contribution in [0.3, 0.4) is 0 Å². The first-order valence-electron chi connectivity index (χ1n) is 9.15. The second kappa shape index (κ2) is 10.1. The molecule has 0 aliphatic rings. The lowest BCUT2D eigenvalue weighted by Crippen LogP contribution is -1.97. The van der Waals surface area contributed by atoms with Crippen molar-refractivity contribution in [1.82, 2.24) is 0 Å². The van der Waals surface area contributed by atoms with Gasteiger partial charge in [0.15, 0.2) is 0 Å². The topological polar surface area (TPSA) is 20.2 Å². The van der Waals surface area contributed by atoms with Crippen molar-refractivity contribution in [3.8, 4) is 5.75 Å². The summed E-state index contributed by atoms with van der Waals surface area (Å²) in [6.45, 7) is 2.26. The van der Waals surface area contributed by atoms with Gasteiger partial charge in [-0.05, 0) is 42.0 Å². The predicted molar refractivity (Wildman–Crippen MR) is 99.1 cm³/mol. The van der Waals surface area contributed by atoms with Crippen molar-refractivity contribution in [1.29, 1.82) is 0 Å². The standard InChI is InChI=1S/C22H30O/c1-2-3-4-5-6-7-11-16-21-20(15-12-17-22(21)23)18-19-13-9-8-10-14-19/h8-10,12-15,17,23H,2-7,11,16,18H2,1H3. The first-order valence-corrected chi connectivity index (χ1v) is 9.15. The van der Waals surface area contributed by atoms with Crippen LogP contribution in [0.5, 0.6) is 5.75 Å². The van der Waals surface area contributed by atoms with Gasteiger partial charge in [0.05, 0.1) is 0 Å². The van der Waals surface area contributed by atoms with Crippen LogP contribution in [0.4, 0.5) is 0 Å². The number of hydrogen-bond acceptors (Lipinski definition) is 1. The Morgan fingerprint density at radius 1 is 0.739 bits per heavy atom. The Bertz CT molecular complexity index is 559. The lowest BCUT2D eigenvalue weighted by Gasteiger charge is -2.12. The first-order chi connectivity index (χ1) is 11.3. The van der Waals surface area contributed by atoms with E-state index in [4.69, 9.17) is 0 Å². The molecule has 0 aliphatic carbocycles. The van der Waals surface area contributed by atoms with Crippen molar-refractivity contribution < 1.29 is 5.11 Å². The molecule has 0 amide bonds. The predicted octanol–water partition coefficient (Wildman–Crippen LogP) is 6.28. The zero-order valence-electron chi connectivity index (χ0n) is 14.4. The molecular weight excluding hydrogens is 280 g/mol. The van der Waals surface area contributed by atoms with E-state index in [2.05, 4.69) is 37.3 Å². The first kappa shape index (κ1) is 17.6. The average molecular weight is 310 g/mol. The van der Waals surface area contributed by atoms with E-state index in [1.54, 1.807) is 0 Å². The normalized spacial score (nSPS) is 10.8. The third kappa shape index (κ3) is 6.09. The molecule has 0 aromatic heterocycles. The number of hydrogen-bond donors (Lipinski definition) is 1. The maximum absolute atomic E-state index is 10.2. The number of unbranched alkanes of at least 4 members (excludes halogenated alkanes) is 6. The summed E-state index contributed by atoms with van der Waals surface area (Å²) in [6.07, 6.45) is 11.0. The number of phenolic OH excluding ortho intramolecular Hbond substituents is 1. The zero-order valence-corrected chi connectivity index (χ0v) is 14.4. The molecule has 0 aliphatic heterocycles. The highest BCUT2D eigenvalue weighted by atomic mass is 16.3. The second-order valence-corrected chi connectivity index (χ2v) is 6.45. The van der Waals surface area contributed by atoms with Crippen molar-refractivity contribution in [2.75, 3.05) is 0 Å². The fourth-order valence-corrected chi connectivity index (χ4v) is 3.15. The summed E-state index contributed by atoms with van der Waals surface area (Å²) < 4.78 is 0. The SMILES string of the molecule is CCCCCCCCCc1c(O)cccc1Cc1ccccc1. The maximum atomic E-state index is 10.2. The molecule has 1 N–H and O–H groups in total. The molecule has 0 saturated carbocycles. The number of aromatic hydroxyl groups is 1. The summed E-state index contributed by atoms with van der Waals surface area (Å²) in [4.78, 5) is 0. The summed E-state index contributed by atoms with van der Waals surface area (Å²) in [5.74, 6) is 0.462. The van der Waals surface area contributed by atoms with Crippen molar-refractivity contribution >= 4 is 0 Å². The van der Waals surface area contributed by atoms with Gasteiger partial charge in [0.25, 0.3) is 0 Å². The van der Waals surface area contributed by atoms with Gasteiger partial charge in [0.2, 0.25) is 0 Å². The Morgan fingerprint density at radius 2 is 1.43 bits per heavy atom. The molecule has 1 nitrogen and oxygen atoms in total. The van der Waals surface area contributed by atoms with Gasteiger partial charge < -0.3 is 5.11 Å². The third-order valence-corrected chi connectivity index (χ3v) is 4.52. The third-order valence-electron chi connectivity index (χ3n) is 4.52. The molecule has 2 aromatic rings. The Hall–Kier alpha value is -1.76. The van der Waals surface area contributed by atoms with Gasteiger partial charge in [0.1, 0.15) is 5.75 Å². The highest BCUT2D eigenvalue weighted by Crippen LogP contribution is 2.25. The van der Waals surface area contributed by atoms with E-state index >= 15 is 0 Å². The van der Waals surface area contributed by atoms with Crippen molar-refractivity contribution in [3.05, 3.63) is 65.2 Å². The summed E-state index contributed by atoms with van der Waals surface area (Å²) in [5.41, 5.74) is 3.71. The van der Waals surface area contributed by atoms with Crippen LogP contribution in [0.1, 0.15) is 68.6 Å². The molecule has 0 heterocycles. The number of rotatable bonds is 10. The Kier molecular flexibility index (Phi) is 7.72. The second-order valence-electron chi connectivity index (χ2n) is 6.45. The minimum Gasteiger partial charge on any atom is -0.508 e. The highest BCUT2D eigenvalue weighted by Gasteiger charge is 2.08. The fourth-order valence-electron chi connectivity index (χ4n) is 3.15. The van der Waals surface area contributed by atoms with E-state index < -0.39 is 0 Å². The molecule has 0 spiro atoms. The molecule has 1 heteroatoms. The average Bonchev–Trinajstić information content (AvgIpc) is 2.57. The Labute approximate surface area is 141 Å². The van der Waals surface area contributed by atoms with Gasteiger partial charge in [-0.3, -0.25) is 0 Å². The molecule has 2 aromatic carbocycles. The molecule has 0 fully saturated rings.